The molecule has 0 aliphatic heterocycles. The first kappa shape index (κ1) is 12.1. The summed E-state index contributed by atoms with van der Waals surface area (Å²) in [4.78, 5) is 11.7. The van der Waals surface area contributed by atoms with Crippen molar-refractivity contribution in [3.05, 3.63) is 36.4 Å². The van der Waals surface area contributed by atoms with Gasteiger partial charge in [0.15, 0.2) is 0 Å². The molecule has 0 aromatic heterocycles. The van der Waals surface area contributed by atoms with Gasteiger partial charge >= 0.3 is 0 Å². The van der Waals surface area contributed by atoms with E-state index in [-0.39, 0.29) is 5.91 Å². The summed E-state index contributed by atoms with van der Waals surface area (Å²) in [6, 6.07) is 5.12. The molecule has 0 fully saturated rings. The summed E-state index contributed by atoms with van der Waals surface area (Å²) in [5.41, 5.74) is 6.59. The smallest absolute Gasteiger partial charge is 0.253 e. The highest BCUT2D eigenvalue weighted by atomic mass is 16.5. The van der Waals surface area contributed by atoms with Crippen LogP contribution in [0.1, 0.15) is 16.8 Å². The van der Waals surface area contributed by atoms with Crippen LogP contribution in [-0.2, 0) is 0 Å². The number of rotatable bonds is 5. The van der Waals surface area contributed by atoms with E-state index in [1.165, 1.54) is 7.11 Å². The van der Waals surface area contributed by atoms with Gasteiger partial charge < -0.3 is 15.8 Å². The summed E-state index contributed by atoms with van der Waals surface area (Å²) in [6.07, 6.45) is 2.48. The van der Waals surface area contributed by atoms with E-state index in [4.69, 9.17) is 10.5 Å². The first-order valence-corrected chi connectivity index (χ1v) is 5.02. The summed E-state index contributed by atoms with van der Waals surface area (Å²) in [5, 5.41) is 2.75. The maximum atomic E-state index is 11.7. The normalized spacial score (nSPS) is 9.56. The first-order chi connectivity index (χ1) is 7.70. The highest BCUT2D eigenvalue weighted by Gasteiger charge is 2.11. The van der Waals surface area contributed by atoms with Crippen molar-refractivity contribution in [3.8, 4) is 5.75 Å². The number of hydrogen-bond acceptors (Lipinski definition) is 3. The number of carbonyl (C=O) groups is 1. The monoisotopic (exact) mass is 220 g/mol. The number of hydrogen-bond donors (Lipinski definition) is 2. The average molecular weight is 220 g/mol. The standard InChI is InChI=1S/C12H16N2O2/c1-3-4-8-14-12(15)9-6-5-7-10(16-2)11(9)13/h3,5-7H,1,4,8,13H2,2H3,(H,14,15). The Labute approximate surface area is 95.1 Å². The van der Waals surface area contributed by atoms with E-state index in [0.29, 0.717) is 23.5 Å². The Balaban J connectivity index is 2.79. The molecule has 4 heteroatoms. The van der Waals surface area contributed by atoms with Gasteiger partial charge in [-0.2, -0.15) is 0 Å². The average Bonchev–Trinajstić information content (AvgIpc) is 2.29. The SMILES string of the molecule is C=CCCNC(=O)c1cccc(OC)c1N. The minimum Gasteiger partial charge on any atom is -0.495 e. The van der Waals surface area contributed by atoms with E-state index in [9.17, 15) is 4.79 Å². The first-order valence-electron chi connectivity index (χ1n) is 5.02. The lowest BCUT2D eigenvalue weighted by atomic mass is 10.1. The van der Waals surface area contributed by atoms with Gasteiger partial charge in [-0.25, -0.2) is 0 Å². The molecule has 0 bridgehead atoms. The van der Waals surface area contributed by atoms with Crippen molar-refractivity contribution in [2.24, 2.45) is 0 Å². The molecule has 1 aromatic rings. The molecule has 0 radical (unpaired) electrons. The van der Waals surface area contributed by atoms with Crippen LogP contribution in [0.4, 0.5) is 5.69 Å². The molecule has 0 heterocycles. The van der Waals surface area contributed by atoms with Crippen LogP contribution < -0.4 is 15.8 Å². The maximum absolute atomic E-state index is 11.7. The third-order valence-electron chi connectivity index (χ3n) is 2.16. The van der Waals surface area contributed by atoms with Gasteiger partial charge in [-0.3, -0.25) is 4.79 Å². The van der Waals surface area contributed by atoms with Crippen molar-refractivity contribution in [3.63, 3.8) is 0 Å². The molecule has 16 heavy (non-hydrogen) atoms. The molecule has 0 saturated heterocycles. The lowest BCUT2D eigenvalue weighted by molar-refractivity contribution is 0.0955. The molecule has 1 rings (SSSR count). The van der Waals surface area contributed by atoms with Crippen LogP contribution in [0.25, 0.3) is 0 Å². The van der Waals surface area contributed by atoms with Crippen LogP contribution in [0.3, 0.4) is 0 Å². The number of nitrogen functional groups attached to an aromatic ring is 1. The van der Waals surface area contributed by atoms with Gasteiger partial charge in [-0.05, 0) is 18.6 Å². The van der Waals surface area contributed by atoms with Crippen LogP contribution in [0.5, 0.6) is 5.75 Å². The minimum atomic E-state index is -0.196. The van der Waals surface area contributed by atoms with Crippen LogP contribution in [0, 0.1) is 0 Å². The van der Waals surface area contributed by atoms with Gasteiger partial charge in [-0.1, -0.05) is 12.1 Å². The highest BCUT2D eigenvalue weighted by Crippen LogP contribution is 2.24. The lowest BCUT2D eigenvalue weighted by Gasteiger charge is -2.09. The van der Waals surface area contributed by atoms with Crippen molar-refractivity contribution in [2.75, 3.05) is 19.4 Å². The minimum absolute atomic E-state index is 0.196. The molecule has 4 nitrogen and oxygen atoms in total. The molecular weight excluding hydrogens is 204 g/mol. The fourth-order valence-electron chi connectivity index (χ4n) is 1.30. The molecule has 0 unspecified atom stereocenters. The third-order valence-corrected chi connectivity index (χ3v) is 2.16. The van der Waals surface area contributed by atoms with Crippen LogP contribution in [0.15, 0.2) is 30.9 Å². The maximum Gasteiger partial charge on any atom is 0.253 e. The van der Waals surface area contributed by atoms with E-state index in [1.807, 2.05) is 0 Å². The Bertz CT molecular complexity index is 389. The molecule has 86 valence electrons. The van der Waals surface area contributed by atoms with Gasteiger partial charge in [0.05, 0.1) is 18.4 Å². The molecule has 0 aliphatic carbocycles. The predicted molar refractivity (Wildman–Crippen MR) is 64.6 cm³/mol. The fraction of sp³-hybridized carbons (Fsp3) is 0.250. The van der Waals surface area contributed by atoms with Gasteiger partial charge in [0.2, 0.25) is 0 Å². The number of methoxy groups -OCH3 is 1. The Morgan fingerprint density at radius 2 is 2.38 bits per heavy atom. The number of nitrogens with two attached hydrogens (primary N) is 1. The zero-order valence-electron chi connectivity index (χ0n) is 9.32. The van der Waals surface area contributed by atoms with E-state index < -0.39 is 0 Å². The van der Waals surface area contributed by atoms with E-state index in [0.717, 1.165) is 6.42 Å². The molecule has 0 aliphatic rings. The summed E-state index contributed by atoms with van der Waals surface area (Å²) < 4.78 is 5.04. The summed E-state index contributed by atoms with van der Waals surface area (Å²) in [7, 11) is 1.52. The van der Waals surface area contributed by atoms with Crippen molar-refractivity contribution < 1.29 is 9.53 Å². The zero-order valence-corrected chi connectivity index (χ0v) is 9.32. The Hall–Kier alpha value is -1.97. The van der Waals surface area contributed by atoms with Crippen molar-refractivity contribution in [2.45, 2.75) is 6.42 Å². The molecule has 0 saturated carbocycles. The predicted octanol–water partition coefficient (Wildman–Crippen LogP) is 1.58. The summed E-state index contributed by atoms with van der Waals surface area (Å²) in [6.45, 7) is 4.13. The largest absolute Gasteiger partial charge is 0.495 e. The van der Waals surface area contributed by atoms with E-state index in [1.54, 1.807) is 24.3 Å². The third kappa shape index (κ3) is 2.76. The number of ether oxygens (including phenoxy) is 1. The van der Waals surface area contributed by atoms with Crippen LogP contribution in [0.2, 0.25) is 0 Å². The number of amides is 1. The van der Waals surface area contributed by atoms with Crippen molar-refractivity contribution >= 4 is 11.6 Å². The highest BCUT2D eigenvalue weighted by molar-refractivity contribution is 6.00. The molecule has 3 N–H and O–H groups in total. The van der Waals surface area contributed by atoms with Gasteiger partial charge in [0.1, 0.15) is 5.75 Å². The van der Waals surface area contributed by atoms with Crippen molar-refractivity contribution in [1.29, 1.82) is 0 Å². The molecule has 0 spiro atoms. The van der Waals surface area contributed by atoms with Gasteiger partial charge in [0.25, 0.3) is 5.91 Å². The van der Waals surface area contributed by atoms with Gasteiger partial charge in [0, 0.05) is 6.54 Å². The second-order valence-corrected chi connectivity index (χ2v) is 3.25. The van der Waals surface area contributed by atoms with E-state index in [2.05, 4.69) is 11.9 Å². The number of nitrogens with one attached hydrogen (secondary N) is 1. The Morgan fingerprint density at radius 1 is 1.62 bits per heavy atom. The fourth-order valence-corrected chi connectivity index (χ4v) is 1.30. The summed E-state index contributed by atoms with van der Waals surface area (Å²) >= 11 is 0. The molecule has 0 atom stereocenters. The topological polar surface area (TPSA) is 64.3 Å². The number of anilines is 1. The Kier molecular flexibility index (Phi) is 4.39. The van der Waals surface area contributed by atoms with Crippen LogP contribution in [-0.4, -0.2) is 19.6 Å². The second kappa shape index (κ2) is 5.80. The molecular formula is C12H16N2O2. The molecule has 1 aromatic carbocycles. The quantitative estimate of drug-likeness (QED) is 0.450. The number of benzene rings is 1. The van der Waals surface area contributed by atoms with Crippen LogP contribution >= 0.6 is 0 Å². The second-order valence-electron chi connectivity index (χ2n) is 3.25. The zero-order chi connectivity index (χ0) is 12.0. The van der Waals surface area contributed by atoms with Crippen molar-refractivity contribution in [1.82, 2.24) is 5.32 Å². The molecule has 1 amide bonds. The van der Waals surface area contributed by atoms with E-state index >= 15 is 0 Å². The lowest BCUT2D eigenvalue weighted by Crippen LogP contribution is -2.25. The van der Waals surface area contributed by atoms with Gasteiger partial charge in [-0.15, -0.1) is 6.58 Å². The number of para-hydroxylation sites is 1. The summed E-state index contributed by atoms with van der Waals surface area (Å²) in [5.74, 6) is 0.314. The Morgan fingerprint density at radius 3 is 3.00 bits per heavy atom. The number of carbonyl (C=O) groups excluding carboxylic acids is 1.